The number of carbonyl (C=O) groups excluding carboxylic acids is 1. The van der Waals surface area contributed by atoms with Gasteiger partial charge in [-0.05, 0) is 39.2 Å². The standard InChI is InChI=1S/C22H18Br2N2O3/c23-18-11-17(13-25-26-22(28)20(27)16-9-5-2-6-10-16)21(19(24)12-18)29-14-15-7-3-1-4-8-15/h1-13,20,27H,14H2,(H,26,28)/b25-13-/t20-/m1/s1. The summed E-state index contributed by atoms with van der Waals surface area (Å²) < 4.78 is 7.54. The minimum atomic E-state index is -1.30. The fourth-order valence-electron chi connectivity index (χ4n) is 2.57. The second-order valence-electron chi connectivity index (χ2n) is 6.13. The number of rotatable bonds is 7. The van der Waals surface area contributed by atoms with Gasteiger partial charge in [0.2, 0.25) is 0 Å². The molecule has 1 amide bonds. The minimum Gasteiger partial charge on any atom is -0.487 e. The molecule has 0 fully saturated rings. The summed E-state index contributed by atoms with van der Waals surface area (Å²) in [5.74, 6) is -0.0214. The van der Waals surface area contributed by atoms with E-state index in [4.69, 9.17) is 4.74 Å². The maximum absolute atomic E-state index is 12.1. The molecule has 0 saturated heterocycles. The zero-order valence-corrected chi connectivity index (χ0v) is 18.4. The molecule has 0 spiro atoms. The topological polar surface area (TPSA) is 70.9 Å². The van der Waals surface area contributed by atoms with Crippen molar-refractivity contribution in [1.82, 2.24) is 5.43 Å². The summed E-state index contributed by atoms with van der Waals surface area (Å²) in [5, 5.41) is 14.1. The molecule has 0 bridgehead atoms. The number of amides is 1. The fraction of sp³-hybridized carbons (Fsp3) is 0.0909. The van der Waals surface area contributed by atoms with Crippen molar-refractivity contribution < 1.29 is 14.6 Å². The second kappa shape index (κ2) is 10.3. The Balaban J connectivity index is 1.71. The van der Waals surface area contributed by atoms with Gasteiger partial charge in [0, 0.05) is 10.0 Å². The van der Waals surface area contributed by atoms with Crippen LogP contribution in [0.1, 0.15) is 22.8 Å². The van der Waals surface area contributed by atoms with Crippen molar-refractivity contribution in [1.29, 1.82) is 0 Å². The molecule has 3 aromatic carbocycles. The van der Waals surface area contributed by atoms with Gasteiger partial charge in [-0.1, -0.05) is 76.6 Å². The number of hydrogen-bond acceptors (Lipinski definition) is 4. The Kier molecular flexibility index (Phi) is 7.57. The SMILES string of the molecule is O=C(N/N=C\c1cc(Br)cc(Br)c1OCc1ccccc1)[C@H](O)c1ccccc1. The normalized spacial score (nSPS) is 12.0. The van der Waals surface area contributed by atoms with Gasteiger partial charge in [-0.3, -0.25) is 4.79 Å². The van der Waals surface area contributed by atoms with Crippen LogP contribution >= 0.6 is 31.9 Å². The van der Waals surface area contributed by atoms with Crippen molar-refractivity contribution >= 4 is 44.0 Å². The molecule has 1 atom stereocenters. The van der Waals surface area contributed by atoms with Crippen LogP contribution in [0, 0.1) is 0 Å². The van der Waals surface area contributed by atoms with Crippen molar-refractivity contribution in [2.24, 2.45) is 5.10 Å². The molecular weight excluding hydrogens is 500 g/mol. The molecular formula is C22H18Br2N2O3. The van der Waals surface area contributed by atoms with Crippen LogP contribution < -0.4 is 10.2 Å². The highest BCUT2D eigenvalue weighted by molar-refractivity contribution is 9.11. The van der Waals surface area contributed by atoms with Crippen LogP contribution in [0.15, 0.2) is 86.8 Å². The average molecular weight is 518 g/mol. The van der Waals surface area contributed by atoms with E-state index in [9.17, 15) is 9.90 Å². The maximum atomic E-state index is 12.1. The number of hydrazone groups is 1. The van der Waals surface area contributed by atoms with E-state index < -0.39 is 12.0 Å². The Morgan fingerprint density at radius 1 is 1.07 bits per heavy atom. The zero-order chi connectivity index (χ0) is 20.6. The number of ether oxygens (including phenoxy) is 1. The molecule has 148 valence electrons. The van der Waals surface area contributed by atoms with E-state index in [-0.39, 0.29) is 0 Å². The highest BCUT2D eigenvalue weighted by Gasteiger charge is 2.16. The van der Waals surface area contributed by atoms with Gasteiger partial charge in [0.15, 0.2) is 6.10 Å². The lowest BCUT2D eigenvalue weighted by atomic mass is 10.1. The summed E-state index contributed by atoms with van der Waals surface area (Å²) in [6.07, 6.45) is 0.183. The zero-order valence-electron chi connectivity index (χ0n) is 15.3. The molecule has 0 radical (unpaired) electrons. The second-order valence-corrected chi connectivity index (χ2v) is 7.90. The summed E-state index contributed by atoms with van der Waals surface area (Å²) in [6, 6.07) is 22.2. The summed E-state index contributed by atoms with van der Waals surface area (Å²) in [6.45, 7) is 0.390. The number of hydrogen-bond donors (Lipinski definition) is 2. The molecule has 0 aliphatic carbocycles. The van der Waals surface area contributed by atoms with E-state index in [0.29, 0.717) is 23.5 Å². The highest BCUT2D eigenvalue weighted by atomic mass is 79.9. The number of nitrogens with one attached hydrogen (secondary N) is 1. The van der Waals surface area contributed by atoms with E-state index in [2.05, 4.69) is 42.4 Å². The van der Waals surface area contributed by atoms with Gasteiger partial charge in [-0.15, -0.1) is 0 Å². The van der Waals surface area contributed by atoms with Crippen molar-refractivity contribution in [3.05, 3.63) is 98.4 Å². The quantitative estimate of drug-likeness (QED) is 0.343. The fourth-order valence-corrected chi connectivity index (χ4v) is 3.94. The van der Waals surface area contributed by atoms with Crippen LogP contribution in [0.2, 0.25) is 0 Å². The third-order valence-electron chi connectivity index (χ3n) is 4.01. The van der Waals surface area contributed by atoms with Gasteiger partial charge in [0.05, 0.1) is 10.7 Å². The lowest BCUT2D eigenvalue weighted by molar-refractivity contribution is -0.129. The number of benzene rings is 3. The van der Waals surface area contributed by atoms with E-state index in [1.165, 1.54) is 6.21 Å². The first kappa shape index (κ1) is 21.2. The predicted molar refractivity (Wildman–Crippen MR) is 120 cm³/mol. The van der Waals surface area contributed by atoms with Crippen LogP contribution in [-0.2, 0) is 11.4 Å². The third kappa shape index (κ3) is 6.00. The van der Waals surface area contributed by atoms with Gasteiger partial charge in [0.1, 0.15) is 12.4 Å². The van der Waals surface area contributed by atoms with E-state index in [1.54, 1.807) is 24.3 Å². The van der Waals surface area contributed by atoms with E-state index in [0.717, 1.165) is 14.5 Å². The third-order valence-corrected chi connectivity index (χ3v) is 5.05. The lowest BCUT2D eigenvalue weighted by Gasteiger charge is -2.12. The first-order valence-electron chi connectivity index (χ1n) is 8.76. The largest absolute Gasteiger partial charge is 0.487 e. The van der Waals surface area contributed by atoms with Gasteiger partial charge in [-0.2, -0.15) is 5.10 Å². The van der Waals surface area contributed by atoms with Crippen LogP contribution in [0.4, 0.5) is 0 Å². The van der Waals surface area contributed by atoms with Gasteiger partial charge in [-0.25, -0.2) is 5.43 Å². The van der Waals surface area contributed by atoms with Crippen LogP contribution in [0.5, 0.6) is 5.75 Å². The molecule has 7 heteroatoms. The molecule has 3 rings (SSSR count). The number of aliphatic hydroxyl groups is 1. The minimum absolute atomic E-state index is 0.390. The smallest absolute Gasteiger partial charge is 0.273 e. The van der Waals surface area contributed by atoms with Crippen molar-refractivity contribution in [3.63, 3.8) is 0 Å². The van der Waals surface area contributed by atoms with Crippen molar-refractivity contribution in [2.75, 3.05) is 0 Å². The summed E-state index contributed by atoms with van der Waals surface area (Å²) in [5.41, 5.74) is 4.56. The molecule has 0 aromatic heterocycles. The monoisotopic (exact) mass is 516 g/mol. The molecule has 0 heterocycles. The Labute approximate surface area is 185 Å². The van der Waals surface area contributed by atoms with Gasteiger partial charge in [0.25, 0.3) is 5.91 Å². The maximum Gasteiger partial charge on any atom is 0.273 e. The van der Waals surface area contributed by atoms with Gasteiger partial charge < -0.3 is 9.84 Å². The molecule has 5 nitrogen and oxygen atoms in total. The number of carbonyl (C=O) groups is 1. The molecule has 0 saturated carbocycles. The molecule has 29 heavy (non-hydrogen) atoms. The number of aliphatic hydroxyl groups excluding tert-OH is 1. The first-order chi connectivity index (χ1) is 14.0. The summed E-state index contributed by atoms with van der Waals surface area (Å²) in [7, 11) is 0. The summed E-state index contributed by atoms with van der Waals surface area (Å²) in [4.78, 5) is 12.1. The Bertz CT molecular complexity index is 996. The van der Waals surface area contributed by atoms with Crippen LogP contribution in [-0.4, -0.2) is 17.2 Å². The lowest BCUT2D eigenvalue weighted by Crippen LogP contribution is -2.25. The Morgan fingerprint density at radius 3 is 2.41 bits per heavy atom. The Hall–Kier alpha value is -2.48. The molecule has 0 aliphatic heterocycles. The summed E-state index contributed by atoms with van der Waals surface area (Å²) >= 11 is 6.95. The van der Waals surface area contributed by atoms with Gasteiger partial charge >= 0.3 is 0 Å². The van der Waals surface area contributed by atoms with E-state index in [1.807, 2.05) is 48.5 Å². The molecule has 0 unspecified atom stereocenters. The number of halogens is 2. The van der Waals surface area contributed by atoms with Crippen LogP contribution in [0.3, 0.4) is 0 Å². The predicted octanol–water partition coefficient (Wildman–Crippen LogP) is 4.97. The van der Waals surface area contributed by atoms with Crippen LogP contribution in [0.25, 0.3) is 0 Å². The molecule has 2 N–H and O–H groups in total. The Morgan fingerprint density at radius 2 is 1.72 bits per heavy atom. The van der Waals surface area contributed by atoms with Crippen molar-refractivity contribution in [3.8, 4) is 5.75 Å². The van der Waals surface area contributed by atoms with E-state index >= 15 is 0 Å². The highest BCUT2D eigenvalue weighted by Crippen LogP contribution is 2.32. The first-order valence-corrected chi connectivity index (χ1v) is 10.3. The molecule has 0 aliphatic rings. The van der Waals surface area contributed by atoms with Crippen molar-refractivity contribution in [2.45, 2.75) is 12.7 Å². The average Bonchev–Trinajstić information content (AvgIpc) is 2.73. The number of nitrogens with zero attached hydrogens (tertiary/aromatic N) is 1. The molecule has 3 aromatic rings.